The number of urea groups is 1. The van der Waals surface area contributed by atoms with Gasteiger partial charge in [-0.1, -0.05) is 0 Å². The number of methoxy groups -OCH3 is 2. The zero-order valence-corrected chi connectivity index (χ0v) is 16.3. The Morgan fingerprint density at radius 1 is 1.07 bits per heavy atom. The van der Waals surface area contributed by atoms with E-state index >= 15 is 0 Å². The Hall–Kier alpha value is -3.22. The predicted molar refractivity (Wildman–Crippen MR) is 108 cm³/mol. The Morgan fingerprint density at radius 3 is 2.18 bits per heavy atom. The summed E-state index contributed by atoms with van der Waals surface area (Å²) in [5.41, 5.74) is 1.57. The lowest BCUT2D eigenvalue weighted by atomic mass is 10.2. The Labute approximate surface area is 164 Å². The molecule has 0 aromatic heterocycles. The number of nitrogens with one attached hydrogen (secondary N) is 1. The lowest BCUT2D eigenvalue weighted by Gasteiger charge is -2.24. The van der Waals surface area contributed by atoms with Crippen LogP contribution in [-0.4, -0.2) is 45.3 Å². The molecule has 3 amide bonds. The molecule has 0 unspecified atom stereocenters. The largest absolute Gasteiger partial charge is 0.497 e. The summed E-state index contributed by atoms with van der Waals surface area (Å²) in [7, 11) is 3.20. The summed E-state index contributed by atoms with van der Waals surface area (Å²) >= 11 is 0. The summed E-state index contributed by atoms with van der Waals surface area (Å²) in [5, 5.41) is 2.98. The van der Waals surface area contributed by atoms with Gasteiger partial charge in [0.2, 0.25) is 5.91 Å². The van der Waals surface area contributed by atoms with Gasteiger partial charge in [0.25, 0.3) is 0 Å². The highest BCUT2D eigenvalue weighted by Gasteiger charge is 2.32. The van der Waals surface area contributed by atoms with Crippen molar-refractivity contribution in [2.75, 3.05) is 37.1 Å². The van der Waals surface area contributed by atoms with E-state index in [0.717, 1.165) is 22.9 Å². The van der Waals surface area contributed by atoms with Crippen LogP contribution in [-0.2, 0) is 4.79 Å². The first-order valence-electron chi connectivity index (χ1n) is 9.22. The van der Waals surface area contributed by atoms with E-state index in [9.17, 15) is 9.59 Å². The summed E-state index contributed by atoms with van der Waals surface area (Å²) < 4.78 is 10.3. The summed E-state index contributed by atoms with van der Waals surface area (Å²) in [6.07, 6.45) is 0.276. The molecule has 1 heterocycles. The monoisotopic (exact) mass is 383 g/mol. The highest BCUT2D eigenvalue weighted by molar-refractivity contribution is 5.98. The third-order valence-electron chi connectivity index (χ3n) is 4.78. The van der Waals surface area contributed by atoms with E-state index < -0.39 is 0 Å². The topological polar surface area (TPSA) is 71.1 Å². The first kappa shape index (κ1) is 19.5. The number of hydrogen-bond donors (Lipinski definition) is 1. The molecule has 0 aliphatic carbocycles. The molecule has 28 heavy (non-hydrogen) atoms. The molecule has 1 aliphatic heterocycles. The third kappa shape index (κ3) is 4.19. The van der Waals surface area contributed by atoms with Crippen LogP contribution in [0.2, 0.25) is 0 Å². The normalized spacial score (nSPS) is 16.0. The number of nitrogens with zero attached hydrogens (tertiary/aromatic N) is 2. The molecule has 3 rings (SSSR count). The number of rotatable bonds is 6. The second kappa shape index (κ2) is 8.65. The summed E-state index contributed by atoms with van der Waals surface area (Å²) in [5.74, 6) is 1.46. The van der Waals surface area contributed by atoms with Crippen LogP contribution in [0.25, 0.3) is 0 Å². The number of hydrogen-bond acceptors (Lipinski definition) is 4. The number of anilines is 2. The van der Waals surface area contributed by atoms with E-state index in [0.29, 0.717) is 13.1 Å². The van der Waals surface area contributed by atoms with Crippen molar-refractivity contribution in [3.05, 3.63) is 48.5 Å². The van der Waals surface area contributed by atoms with Crippen molar-refractivity contribution in [2.45, 2.75) is 19.4 Å². The van der Waals surface area contributed by atoms with Gasteiger partial charge < -0.3 is 19.7 Å². The van der Waals surface area contributed by atoms with Crippen LogP contribution in [0.4, 0.5) is 16.2 Å². The molecular formula is C21H25N3O4. The fraction of sp³-hybridized carbons (Fsp3) is 0.333. The van der Waals surface area contributed by atoms with E-state index in [1.54, 1.807) is 24.0 Å². The highest BCUT2D eigenvalue weighted by Crippen LogP contribution is 2.25. The smallest absolute Gasteiger partial charge is 0.322 e. The molecule has 7 nitrogen and oxygen atoms in total. The Kier molecular flexibility index (Phi) is 6.03. The molecule has 0 spiro atoms. The Bertz CT molecular complexity index is 821. The van der Waals surface area contributed by atoms with Crippen molar-refractivity contribution in [1.29, 1.82) is 0 Å². The molecule has 1 aliphatic rings. The third-order valence-corrected chi connectivity index (χ3v) is 4.78. The van der Waals surface area contributed by atoms with Crippen LogP contribution in [0, 0.1) is 0 Å². The number of benzene rings is 2. The van der Waals surface area contributed by atoms with Crippen molar-refractivity contribution in [3.8, 4) is 11.5 Å². The molecule has 1 atom stereocenters. The van der Waals surface area contributed by atoms with Crippen LogP contribution >= 0.6 is 0 Å². The van der Waals surface area contributed by atoms with Crippen molar-refractivity contribution in [2.24, 2.45) is 0 Å². The summed E-state index contributed by atoms with van der Waals surface area (Å²) in [6.45, 7) is 2.87. The number of amides is 3. The zero-order valence-electron chi connectivity index (χ0n) is 16.3. The maximum atomic E-state index is 12.8. The standard InChI is InChI=1S/C21H25N3O4/c1-4-23(16-5-9-18(27-2)10-6-16)21(26)22-15-13-20(25)24(14-15)17-7-11-19(28-3)12-8-17/h5-12,15H,4,13-14H2,1-3H3,(H,22,26)/t15-/m1/s1. The molecule has 2 aromatic rings. The Morgan fingerprint density at radius 2 is 1.64 bits per heavy atom. The van der Waals surface area contributed by atoms with Crippen molar-refractivity contribution < 1.29 is 19.1 Å². The van der Waals surface area contributed by atoms with E-state index in [1.165, 1.54) is 0 Å². The SMILES string of the molecule is CCN(C(=O)N[C@@H]1CC(=O)N(c2ccc(OC)cc2)C1)c1ccc(OC)cc1. The first-order chi connectivity index (χ1) is 13.5. The minimum atomic E-state index is -0.241. The summed E-state index contributed by atoms with van der Waals surface area (Å²) in [6, 6.07) is 14.2. The fourth-order valence-corrected chi connectivity index (χ4v) is 3.27. The second-order valence-corrected chi connectivity index (χ2v) is 6.50. The molecule has 2 aromatic carbocycles. The van der Waals surface area contributed by atoms with Gasteiger partial charge >= 0.3 is 6.03 Å². The molecule has 1 N–H and O–H groups in total. The van der Waals surface area contributed by atoms with Crippen molar-refractivity contribution in [1.82, 2.24) is 5.32 Å². The van der Waals surface area contributed by atoms with Crippen LogP contribution in [0.3, 0.4) is 0 Å². The number of ether oxygens (including phenoxy) is 2. The van der Waals surface area contributed by atoms with Gasteiger partial charge in [0, 0.05) is 30.9 Å². The van der Waals surface area contributed by atoms with Gasteiger partial charge in [-0.3, -0.25) is 9.69 Å². The van der Waals surface area contributed by atoms with Gasteiger partial charge in [0.05, 0.1) is 20.3 Å². The van der Waals surface area contributed by atoms with Crippen molar-refractivity contribution in [3.63, 3.8) is 0 Å². The van der Waals surface area contributed by atoms with Gasteiger partial charge in [0.1, 0.15) is 11.5 Å². The lowest BCUT2D eigenvalue weighted by Crippen LogP contribution is -2.46. The molecule has 1 fully saturated rings. The van der Waals surface area contributed by atoms with Gasteiger partial charge in [-0.15, -0.1) is 0 Å². The van der Waals surface area contributed by atoms with Crippen molar-refractivity contribution >= 4 is 23.3 Å². The molecule has 0 bridgehead atoms. The molecular weight excluding hydrogens is 358 g/mol. The summed E-state index contributed by atoms with van der Waals surface area (Å²) in [4.78, 5) is 28.5. The molecule has 148 valence electrons. The molecule has 7 heteroatoms. The van der Waals surface area contributed by atoms with Crippen LogP contribution in [0.15, 0.2) is 48.5 Å². The average Bonchev–Trinajstić information content (AvgIpc) is 3.09. The predicted octanol–water partition coefficient (Wildman–Crippen LogP) is 3.05. The van der Waals surface area contributed by atoms with Crippen LogP contribution in [0.1, 0.15) is 13.3 Å². The average molecular weight is 383 g/mol. The van der Waals surface area contributed by atoms with E-state index in [2.05, 4.69) is 5.32 Å². The maximum absolute atomic E-state index is 12.8. The van der Waals surface area contributed by atoms with Gasteiger partial charge in [-0.05, 0) is 55.5 Å². The minimum Gasteiger partial charge on any atom is -0.497 e. The molecule has 1 saturated heterocycles. The minimum absolute atomic E-state index is 0.0111. The molecule has 0 radical (unpaired) electrons. The van der Waals surface area contributed by atoms with Gasteiger partial charge in [0.15, 0.2) is 0 Å². The quantitative estimate of drug-likeness (QED) is 0.832. The van der Waals surface area contributed by atoms with E-state index in [-0.39, 0.29) is 24.4 Å². The second-order valence-electron chi connectivity index (χ2n) is 6.50. The van der Waals surface area contributed by atoms with E-state index in [4.69, 9.17) is 9.47 Å². The van der Waals surface area contributed by atoms with Crippen LogP contribution in [0.5, 0.6) is 11.5 Å². The fourth-order valence-electron chi connectivity index (χ4n) is 3.27. The molecule has 0 saturated carbocycles. The Balaban J connectivity index is 1.65. The zero-order chi connectivity index (χ0) is 20.1. The number of carbonyl (C=O) groups is 2. The number of carbonyl (C=O) groups excluding carboxylic acids is 2. The van der Waals surface area contributed by atoms with Crippen LogP contribution < -0.4 is 24.6 Å². The van der Waals surface area contributed by atoms with Gasteiger partial charge in [-0.2, -0.15) is 0 Å². The highest BCUT2D eigenvalue weighted by atomic mass is 16.5. The first-order valence-corrected chi connectivity index (χ1v) is 9.22. The lowest BCUT2D eigenvalue weighted by molar-refractivity contribution is -0.117. The van der Waals surface area contributed by atoms with E-state index in [1.807, 2.05) is 55.5 Å². The van der Waals surface area contributed by atoms with Gasteiger partial charge in [-0.25, -0.2) is 4.79 Å². The maximum Gasteiger partial charge on any atom is 0.322 e.